The molecule has 22 heavy (non-hydrogen) atoms. The molecule has 0 aliphatic carbocycles. The molecule has 1 heterocycles. The van der Waals surface area contributed by atoms with Gasteiger partial charge in [0.05, 0.1) is 0 Å². The molecular formula is C14H16F2N2O4. The van der Waals surface area contributed by atoms with E-state index in [9.17, 15) is 13.6 Å². The molecule has 6 nitrogen and oxygen atoms in total. The van der Waals surface area contributed by atoms with Gasteiger partial charge in [0.1, 0.15) is 5.75 Å². The quantitative estimate of drug-likeness (QED) is 0.800. The molecule has 0 fully saturated rings. The average Bonchev–Trinajstić information content (AvgIpc) is 2.75. The summed E-state index contributed by atoms with van der Waals surface area (Å²) < 4.78 is 39.5. The maximum atomic E-state index is 12.9. The highest BCUT2D eigenvalue weighted by Crippen LogP contribution is 2.42. The molecule has 0 spiro atoms. The van der Waals surface area contributed by atoms with Gasteiger partial charge in [0.25, 0.3) is 5.91 Å². The lowest BCUT2D eigenvalue weighted by molar-refractivity contribution is -0.286. The summed E-state index contributed by atoms with van der Waals surface area (Å²) >= 11 is 0. The van der Waals surface area contributed by atoms with E-state index in [-0.39, 0.29) is 29.8 Å². The third-order valence-corrected chi connectivity index (χ3v) is 2.74. The van der Waals surface area contributed by atoms with Crippen LogP contribution < -0.4 is 24.8 Å². The zero-order valence-corrected chi connectivity index (χ0v) is 11.9. The van der Waals surface area contributed by atoms with E-state index in [0.717, 1.165) is 0 Å². The van der Waals surface area contributed by atoms with Crippen LogP contribution in [-0.2, 0) is 4.79 Å². The predicted molar refractivity (Wildman–Crippen MR) is 74.0 cm³/mol. The van der Waals surface area contributed by atoms with E-state index in [0.29, 0.717) is 18.7 Å². The fraction of sp³-hybridized carbons (Fsp3) is 0.357. The first kappa shape index (κ1) is 16.0. The second kappa shape index (κ2) is 6.61. The van der Waals surface area contributed by atoms with E-state index in [1.165, 1.54) is 18.2 Å². The van der Waals surface area contributed by atoms with Crippen molar-refractivity contribution in [3.63, 3.8) is 0 Å². The summed E-state index contributed by atoms with van der Waals surface area (Å²) in [5.74, 6) is -0.385. The number of ether oxygens (including phenoxy) is 3. The summed E-state index contributed by atoms with van der Waals surface area (Å²) in [5, 5.41) is 5.51. The van der Waals surface area contributed by atoms with Gasteiger partial charge in [-0.1, -0.05) is 6.58 Å². The van der Waals surface area contributed by atoms with Crippen molar-refractivity contribution in [1.29, 1.82) is 0 Å². The molecule has 0 atom stereocenters. The number of halogens is 2. The van der Waals surface area contributed by atoms with Crippen LogP contribution in [0.2, 0.25) is 0 Å². The summed E-state index contributed by atoms with van der Waals surface area (Å²) in [6.07, 6.45) is -3.08. The number of carbonyl (C=O) groups excluding carboxylic acids is 1. The molecule has 1 amide bonds. The lowest BCUT2D eigenvalue weighted by Crippen LogP contribution is -2.29. The fourth-order valence-corrected chi connectivity index (χ4v) is 1.74. The van der Waals surface area contributed by atoms with Gasteiger partial charge >= 0.3 is 6.29 Å². The second-order valence-corrected chi connectivity index (χ2v) is 4.57. The molecule has 0 saturated heterocycles. The first-order chi connectivity index (χ1) is 10.4. The van der Waals surface area contributed by atoms with Gasteiger partial charge in [0.15, 0.2) is 18.1 Å². The Morgan fingerprint density at radius 3 is 2.82 bits per heavy atom. The average molecular weight is 314 g/mol. The topological polar surface area (TPSA) is 68.8 Å². The number of nitrogens with one attached hydrogen (secondary N) is 2. The third kappa shape index (κ3) is 4.32. The number of alkyl halides is 2. The summed E-state index contributed by atoms with van der Waals surface area (Å²) in [4.78, 5) is 11.6. The number of amides is 1. The molecule has 2 N–H and O–H groups in total. The number of benzene rings is 1. The third-order valence-electron chi connectivity index (χ3n) is 2.74. The summed E-state index contributed by atoms with van der Waals surface area (Å²) in [6, 6.07) is 3.93. The second-order valence-electron chi connectivity index (χ2n) is 4.57. The summed E-state index contributed by atoms with van der Waals surface area (Å²) in [7, 11) is 1.79. The van der Waals surface area contributed by atoms with Crippen molar-refractivity contribution in [2.75, 3.05) is 20.2 Å². The van der Waals surface area contributed by atoms with Crippen molar-refractivity contribution in [2.24, 2.45) is 0 Å². The largest absolute Gasteiger partial charge is 0.586 e. The Kier molecular flexibility index (Phi) is 4.81. The van der Waals surface area contributed by atoms with Crippen LogP contribution in [0, 0.1) is 0 Å². The van der Waals surface area contributed by atoms with Crippen molar-refractivity contribution in [1.82, 2.24) is 10.6 Å². The Bertz CT molecular complexity index is 578. The van der Waals surface area contributed by atoms with Crippen LogP contribution in [0.1, 0.15) is 6.42 Å². The Hall–Kier alpha value is -2.35. The lowest BCUT2D eigenvalue weighted by Gasteiger charge is -2.09. The van der Waals surface area contributed by atoms with Gasteiger partial charge in [-0.25, -0.2) is 0 Å². The van der Waals surface area contributed by atoms with Gasteiger partial charge in [0, 0.05) is 18.3 Å². The number of hydrogen-bond acceptors (Lipinski definition) is 5. The fourth-order valence-electron chi connectivity index (χ4n) is 1.74. The van der Waals surface area contributed by atoms with Crippen molar-refractivity contribution >= 4 is 5.91 Å². The molecule has 1 aromatic rings. The number of carbonyl (C=O) groups is 1. The first-order valence-corrected chi connectivity index (χ1v) is 6.54. The minimum absolute atomic E-state index is 0.0813. The van der Waals surface area contributed by atoms with Gasteiger partial charge in [0.2, 0.25) is 0 Å². The number of rotatable bonds is 7. The number of hydrogen-bond donors (Lipinski definition) is 2. The van der Waals surface area contributed by atoms with E-state index in [1.807, 2.05) is 0 Å². The summed E-state index contributed by atoms with van der Waals surface area (Å²) in [6.45, 7) is 4.12. The molecule has 120 valence electrons. The zero-order chi connectivity index (χ0) is 16.2. The summed E-state index contributed by atoms with van der Waals surface area (Å²) in [5.41, 5.74) is 0.563. The standard InChI is InChI=1S/C14H16F2N2O4/c1-9(5-6-17-2)18-13(19)8-20-10-3-4-11-12(7-10)22-14(15,16)21-11/h3-4,7,17H,1,5-6,8H2,2H3,(H,18,19). The van der Waals surface area contributed by atoms with Gasteiger partial charge in [-0.2, -0.15) is 0 Å². The molecule has 8 heteroatoms. The van der Waals surface area contributed by atoms with Crippen LogP contribution in [0.5, 0.6) is 17.2 Å². The molecule has 0 radical (unpaired) electrons. The molecule has 1 aliphatic heterocycles. The zero-order valence-electron chi connectivity index (χ0n) is 11.9. The Balaban J connectivity index is 1.83. The van der Waals surface area contributed by atoms with Crippen molar-refractivity contribution < 1.29 is 27.8 Å². The van der Waals surface area contributed by atoms with Gasteiger partial charge in [-0.3, -0.25) is 4.79 Å². The smallest absolute Gasteiger partial charge is 0.484 e. The van der Waals surface area contributed by atoms with Gasteiger partial charge < -0.3 is 24.8 Å². The molecule has 1 aromatic carbocycles. The first-order valence-electron chi connectivity index (χ1n) is 6.54. The van der Waals surface area contributed by atoms with E-state index in [4.69, 9.17) is 4.74 Å². The molecule has 1 aliphatic rings. The monoisotopic (exact) mass is 314 g/mol. The molecule has 0 unspecified atom stereocenters. The molecule has 2 rings (SSSR count). The minimum atomic E-state index is -3.68. The maximum absolute atomic E-state index is 12.9. The minimum Gasteiger partial charge on any atom is -0.484 e. The molecule has 0 saturated carbocycles. The SMILES string of the molecule is C=C(CCNC)NC(=O)COc1ccc2c(c1)OC(F)(F)O2. The van der Waals surface area contributed by atoms with E-state index >= 15 is 0 Å². The van der Waals surface area contributed by atoms with Crippen LogP contribution in [0.3, 0.4) is 0 Å². The van der Waals surface area contributed by atoms with E-state index < -0.39 is 6.29 Å². The maximum Gasteiger partial charge on any atom is 0.586 e. The van der Waals surface area contributed by atoms with Crippen molar-refractivity contribution in [3.8, 4) is 17.2 Å². The highest BCUT2D eigenvalue weighted by molar-refractivity contribution is 5.79. The van der Waals surface area contributed by atoms with Crippen LogP contribution in [0.4, 0.5) is 8.78 Å². The predicted octanol–water partition coefficient (Wildman–Crippen LogP) is 1.63. The Morgan fingerprint density at radius 1 is 1.36 bits per heavy atom. The van der Waals surface area contributed by atoms with Crippen LogP contribution in [0.25, 0.3) is 0 Å². The van der Waals surface area contributed by atoms with Crippen LogP contribution in [0.15, 0.2) is 30.5 Å². The highest BCUT2D eigenvalue weighted by Gasteiger charge is 2.43. The molecule has 0 bridgehead atoms. The molecular weight excluding hydrogens is 298 g/mol. The van der Waals surface area contributed by atoms with E-state index in [1.54, 1.807) is 7.05 Å². The number of fused-ring (bicyclic) bond motifs is 1. The van der Waals surface area contributed by atoms with Crippen molar-refractivity contribution in [2.45, 2.75) is 12.7 Å². The lowest BCUT2D eigenvalue weighted by atomic mass is 10.3. The highest BCUT2D eigenvalue weighted by atomic mass is 19.3. The van der Waals surface area contributed by atoms with Crippen LogP contribution >= 0.6 is 0 Å². The Morgan fingerprint density at radius 2 is 2.09 bits per heavy atom. The van der Waals surface area contributed by atoms with E-state index in [2.05, 4.69) is 26.7 Å². The van der Waals surface area contributed by atoms with Gasteiger partial charge in [-0.15, -0.1) is 8.78 Å². The normalized spacial score (nSPS) is 14.5. The van der Waals surface area contributed by atoms with Crippen molar-refractivity contribution in [3.05, 3.63) is 30.5 Å². The van der Waals surface area contributed by atoms with Crippen LogP contribution in [-0.4, -0.2) is 32.4 Å². The van der Waals surface area contributed by atoms with Gasteiger partial charge in [-0.05, 0) is 25.6 Å². The Labute approximate surface area is 126 Å². The molecule has 0 aromatic heterocycles.